The van der Waals surface area contributed by atoms with Gasteiger partial charge in [-0.2, -0.15) is 0 Å². The predicted molar refractivity (Wildman–Crippen MR) is 125 cm³/mol. The summed E-state index contributed by atoms with van der Waals surface area (Å²) in [7, 11) is 0. The minimum Gasteiger partial charge on any atom is -0.451 e. The number of hydrogen-bond acceptors (Lipinski definition) is 8. The van der Waals surface area contributed by atoms with Crippen LogP contribution in [0.2, 0.25) is 0 Å². The van der Waals surface area contributed by atoms with E-state index in [-0.39, 0.29) is 17.2 Å². The van der Waals surface area contributed by atoms with Crippen molar-refractivity contribution in [2.24, 2.45) is 0 Å². The average Bonchev–Trinajstić information content (AvgIpc) is 2.84. The number of nitro groups is 1. The maximum absolute atomic E-state index is 12.7. The summed E-state index contributed by atoms with van der Waals surface area (Å²) < 4.78 is 10.6. The van der Waals surface area contributed by atoms with Crippen molar-refractivity contribution in [2.45, 2.75) is 32.8 Å². The number of carbonyl (C=O) groups excluding carboxylic acids is 3. The zero-order chi connectivity index (χ0) is 24.7. The SMILES string of the molecule is CCCC(=O)Nc1ccc(C(=O)C(C)OC(=O)c2ccc(N3CCOCC3)c([N+](=O)[O-])c2)cc1. The van der Waals surface area contributed by atoms with Crippen LogP contribution in [0.5, 0.6) is 0 Å². The molecule has 1 aliphatic heterocycles. The van der Waals surface area contributed by atoms with Gasteiger partial charge in [-0.3, -0.25) is 19.7 Å². The lowest BCUT2D eigenvalue weighted by molar-refractivity contribution is -0.384. The molecule has 180 valence electrons. The lowest BCUT2D eigenvalue weighted by atomic mass is 10.1. The third-order valence-corrected chi connectivity index (χ3v) is 5.34. The van der Waals surface area contributed by atoms with E-state index in [0.29, 0.717) is 49.7 Å². The molecule has 2 aromatic rings. The Kier molecular flexibility index (Phi) is 8.31. The van der Waals surface area contributed by atoms with Crippen LogP contribution in [0.3, 0.4) is 0 Å². The summed E-state index contributed by atoms with van der Waals surface area (Å²) in [5, 5.41) is 14.3. The molecular weight excluding hydrogens is 442 g/mol. The van der Waals surface area contributed by atoms with Crippen molar-refractivity contribution >= 4 is 34.7 Å². The van der Waals surface area contributed by atoms with Gasteiger partial charge in [-0.05, 0) is 49.7 Å². The van der Waals surface area contributed by atoms with Crippen molar-refractivity contribution in [3.05, 3.63) is 63.7 Å². The second kappa shape index (κ2) is 11.4. The van der Waals surface area contributed by atoms with Crippen LogP contribution in [0.4, 0.5) is 17.1 Å². The van der Waals surface area contributed by atoms with Crippen LogP contribution in [-0.2, 0) is 14.3 Å². The molecule has 1 amide bonds. The molecule has 3 rings (SSSR count). The largest absolute Gasteiger partial charge is 0.451 e. The molecule has 2 aromatic carbocycles. The van der Waals surface area contributed by atoms with Crippen molar-refractivity contribution < 1.29 is 28.8 Å². The lowest BCUT2D eigenvalue weighted by Gasteiger charge is -2.28. The molecule has 1 atom stereocenters. The highest BCUT2D eigenvalue weighted by Gasteiger charge is 2.26. The summed E-state index contributed by atoms with van der Waals surface area (Å²) >= 11 is 0. The minimum absolute atomic E-state index is 0.0163. The topological polar surface area (TPSA) is 128 Å². The van der Waals surface area contributed by atoms with Gasteiger partial charge in [0.1, 0.15) is 5.69 Å². The molecule has 0 aromatic heterocycles. The molecule has 1 heterocycles. The highest BCUT2D eigenvalue weighted by atomic mass is 16.6. The zero-order valence-corrected chi connectivity index (χ0v) is 19.1. The fraction of sp³-hybridized carbons (Fsp3) is 0.375. The van der Waals surface area contributed by atoms with Gasteiger partial charge in [-0.15, -0.1) is 0 Å². The molecule has 0 aliphatic carbocycles. The van der Waals surface area contributed by atoms with Gasteiger partial charge in [0.2, 0.25) is 11.7 Å². The second-order valence-electron chi connectivity index (χ2n) is 7.85. The van der Waals surface area contributed by atoms with Gasteiger partial charge in [-0.25, -0.2) is 4.79 Å². The van der Waals surface area contributed by atoms with Crippen LogP contribution in [0.25, 0.3) is 0 Å². The van der Waals surface area contributed by atoms with Crippen molar-refractivity contribution in [2.75, 3.05) is 36.5 Å². The van der Waals surface area contributed by atoms with Crippen LogP contribution in [0.1, 0.15) is 47.4 Å². The first-order valence-corrected chi connectivity index (χ1v) is 11.1. The molecule has 0 radical (unpaired) electrons. The number of hydrogen-bond donors (Lipinski definition) is 1. The minimum atomic E-state index is -1.11. The second-order valence-corrected chi connectivity index (χ2v) is 7.85. The number of nitrogens with one attached hydrogen (secondary N) is 1. The van der Waals surface area contributed by atoms with Gasteiger partial charge in [0, 0.05) is 36.8 Å². The number of nitro benzene ring substituents is 1. The van der Waals surface area contributed by atoms with Crippen molar-refractivity contribution in [3.8, 4) is 0 Å². The number of rotatable bonds is 9. The molecule has 0 saturated carbocycles. The number of carbonyl (C=O) groups is 3. The van der Waals surface area contributed by atoms with Crippen molar-refractivity contribution in [1.82, 2.24) is 0 Å². The van der Waals surface area contributed by atoms with E-state index in [2.05, 4.69) is 5.32 Å². The maximum atomic E-state index is 12.7. The Balaban J connectivity index is 1.67. The first-order valence-electron chi connectivity index (χ1n) is 11.1. The number of esters is 1. The monoisotopic (exact) mass is 469 g/mol. The number of benzene rings is 2. The Morgan fingerprint density at radius 2 is 1.76 bits per heavy atom. The van der Waals surface area contributed by atoms with Crippen LogP contribution in [-0.4, -0.2) is 55.0 Å². The van der Waals surface area contributed by atoms with Gasteiger partial charge in [0.05, 0.1) is 23.7 Å². The quantitative estimate of drug-likeness (QED) is 0.255. The Bertz CT molecular complexity index is 1060. The summed E-state index contributed by atoms with van der Waals surface area (Å²) in [6.45, 7) is 5.29. The first-order chi connectivity index (χ1) is 16.3. The summed E-state index contributed by atoms with van der Waals surface area (Å²) in [6.07, 6.45) is 0.0231. The van der Waals surface area contributed by atoms with Gasteiger partial charge in [0.15, 0.2) is 6.10 Å². The molecular formula is C24H27N3O7. The third kappa shape index (κ3) is 6.16. The number of amides is 1. The maximum Gasteiger partial charge on any atom is 0.339 e. The van der Waals surface area contributed by atoms with Crippen molar-refractivity contribution in [3.63, 3.8) is 0 Å². The van der Waals surface area contributed by atoms with Crippen LogP contribution < -0.4 is 10.2 Å². The van der Waals surface area contributed by atoms with E-state index >= 15 is 0 Å². The molecule has 10 heteroatoms. The van der Waals surface area contributed by atoms with E-state index in [1.54, 1.807) is 12.1 Å². The molecule has 10 nitrogen and oxygen atoms in total. The number of ether oxygens (including phenoxy) is 2. The fourth-order valence-electron chi connectivity index (χ4n) is 3.55. The number of Topliss-reactive ketones (excluding diaryl/α,β-unsaturated/α-hetero) is 1. The van der Waals surface area contributed by atoms with Crippen LogP contribution in [0.15, 0.2) is 42.5 Å². The molecule has 34 heavy (non-hydrogen) atoms. The number of morpholine rings is 1. The summed E-state index contributed by atoms with van der Waals surface area (Å²) in [5.41, 5.74) is 1.04. The summed E-state index contributed by atoms with van der Waals surface area (Å²) in [5.74, 6) is -1.38. The lowest BCUT2D eigenvalue weighted by Crippen LogP contribution is -2.36. The Hall–Kier alpha value is -3.79. The van der Waals surface area contributed by atoms with Crippen molar-refractivity contribution in [1.29, 1.82) is 0 Å². The van der Waals surface area contributed by atoms with Gasteiger partial charge >= 0.3 is 5.97 Å². The average molecular weight is 469 g/mol. The number of ketones is 1. The number of anilines is 2. The summed E-state index contributed by atoms with van der Waals surface area (Å²) in [4.78, 5) is 49.9. The van der Waals surface area contributed by atoms with E-state index in [1.165, 1.54) is 31.2 Å². The Labute approximate surface area is 197 Å². The highest BCUT2D eigenvalue weighted by Crippen LogP contribution is 2.30. The van der Waals surface area contributed by atoms with Gasteiger partial charge < -0.3 is 19.7 Å². The predicted octanol–water partition coefficient (Wildman–Crippen LogP) is 3.60. The van der Waals surface area contributed by atoms with Gasteiger partial charge in [0.25, 0.3) is 5.69 Å². The smallest absolute Gasteiger partial charge is 0.339 e. The van der Waals surface area contributed by atoms with E-state index in [4.69, 9.17) is 9.47 Å². The molecule has 0 spiro atoms. The van der Waals surface area contributed by atoms with E-state index < -0.39 is 22.8 Å². The van der Waals surface area contributed by atoms with E-state index in [1.807, 2.05) is 11.8 Å². The molecule has 0 bridgehead atoms. The number of nitrogens with zero attached hydrogens (tertiary/aromatic N) is 2. The standard InChI is InChI=1S/C24H27N3O7/c1-3-4-22(28)25-19-8-5-17(6-9-19)23(29)16(2)34-24(30)18-7-10-20(21(15-18)27(31)32)26-11-13-33-14-12-26/h5-10,15-16H,3-4,11-14H2,1-2H3,(H,25,28). The van der Waals surface area contributed by atoms with Crippen LogP contribution >= 0.6 is 0 Å². The molecule has 1 N–H and O–H groups in total. The molecule has 1 aliphatic rings. The Morgan fingerprint density at radius 1 is 1.12 bits per heavy atom. The Morgan fingerprint density at radius 3 is 2.38 bits per heavy atom. The van der Waals surface area contributed by atoms with E-state index in [9.17, 15) is 24.5 Å². The first kappa shape index (κ1) is 24.8. The van der Waals surface area contributed by atoms with E-state index in [0.717, 1.165) is 12.5 Å². The third-order valence-electron chi connectivity index (χ3n) is 5.34. The molecule has 1 fully saturated rings. The summed E-state index contributed by atoms with van der Waals surface area (Å²) in [6, 6.07) is 10.4. The van der Waals surface area contributed by atoms with Crippen LogP contribution in [0, 0.1) is 10.1 Å². The molecule has 1 unspecified atom stereocenters. The van der Waals surface area contributed by atoms with Gasteiger partial charge in [-0.1, -0.05) is 6.92 Å². The zero-order valence-electron chi connectivity index (χ0n) is 19.1. The normalized spacial score (nSPS) is 14.2. The highest BCUT2D eigenvalue weighted by molar-refractivity contribution is 6.02. The fourth-order valence-corrected chi connectivity index (χ4v) is 3.55. The molecule has 1 saturated heterocycles.